The molecule has 0 spiro atoms. The molecule has 4 heteroatoms. The van der Waals surface area contributed by atoms with Crippen LogP contribution in [0.3, 0.4) is 0 Å². The van der Waals surface area contributed by atoms with Crippen molar-refractivity contribution in [1.29, 1.82) is 0 Å². The molecule has 0 saturated carbocycles. The molecular weight excluding hydrogens is 368 g/mol. The second-order valence-electron chi connectivity index (χ2n) is 4.71. The molecule has 100 valence electrons. The van der Waals surface area contributed by atoms with Crippen LogP contribution in [-0.4, -0.2) is 4.98 Å². The topological polar surface area (TPSA) is 24.9 Å². The van der Waals surface area contributed by atoms with E-state index >= 15 is 0 Å². The Hall–Kier alpha value is -0.870. The predicted octanol–water partition coefficient (Wildman–Crippen LogP) is 5.14. The van der Waals surface area contributed by atoms with E-state index in [2.05, 4.69) is 75.1 Å². The quantitative estimate of drug-likeness (QED) is 0.793. The van der Waals surface area contributed by atoms with Crippen molar-refractivity contribution in [3.05, 3.63) is 55.7 Å². The lowest BCUT2D eigenvalue weighted by Crippen LogP contribution is -2.05. The van der Waals surface area contributed by atoms with E-state index in [9.17, 15) is 0 Å². The van der Waals surface area contributed by atoms with E-state index in [-0.39, 0.29) is 0 Å². The molecule has 0 fully saturated rings. The van der Waals surface area contributed by atoms with Gasteiger partial charge < -0.3 is 5.32 Å². The second-order valence-corrected chi connectivity index (χ2v) is 6.48. The van der Waals surface area contributed by atoms with Gasteiger partial charge >= 0.3 is 0 Å². The number of nitrogens with zero attached hydrogens (tertiary/aromatic N) is 1. The summed E-state index contributed by atoms with van der Waals surface area (Å²) in [5.74, 6) is 0. The van der Waals surface area contributed by atoms with Crippen LogP contribution in [0.5, 0.6) is 0 Å². The fraction of sp³-hybridized carbons (Fsp3) is 0.267. The van der Waals surface area contributed by atoms with Crippen molar-refractivity contribution >= 4 is 37.5 Å². The van der Waals surface area contributed by atoms with E-state index in [0.29, 0.717) is 6.54 Å². The first kappa shape index (κ1) is 14.5. The Bertz CT molecular complexity index is 586. The third-order valence-corrected chi connectivity index (χ3v) is 4.11. The number of aryl methyl sites for hydroxylation is 3. The van der Waals surface area contributed by atoms with Crippen LogP contribution in [0, 0.1) is 20.8 Å². The minimum atomic E-state index is 0.707. The molecule has 0 amide bonds. The van der Waals surface area contributed by atoms with Gasteiger partial charge in [0, 0.05) is 20.8 Å². The number of aromatic nitrogens is 1. The van der Waals surface area contributed by atoms with E-state index in [1.807, 2.05) is 12.3 Å². The number of hydrogen-bond acceptors (Lipinski definition) is 2. The van der Waals surface area contributed by atoms with Crippen LogP contribution in [0.2, 0.25) is 0 Å². The molecule has 0 aliphatic heterocycles. The second kappa shape index (κ2) is 6.06. The van der Waals surface area contributed by atoms with Crippen LogP contribution in [0.4, 0.5) is 5.69 Å². The Morgan fingerprint density at radius 1 is 1.05 bits per heavy atom. The highest BCUT2D eigenvalue weighted by Gasteiger charge is 2.06. The number of hydrogen-bond donors (Lipinski definition) is 1. The van der Waals surface area contributed by atoms with Gasteiger partial charge in [0.15, 0.2) is 0 Å². The molecule has 0 aliphatic carbocycles. The lowest BCUT2D eigenvalue weighted by atomic mass is 10.1. The van der Waals surface area contributed by atoms with Crippen molar-refractivity contribution in [2.75, 3.05) is 5.32 Å². The number of pyridine rings is 1. The standard InChI is InChI=1S/C15H16Br2N2/c1-9-4-10(2)15(11(3)5-9)19-8-14-13(17)6-12(16)7-18-14/h4-7,19H,8H2,1-3H3. The Kier molecular flexibility index (Phi) is 4.63. The van der Waals surface area contributed by atoms with Gasteiger partial charge in [-0.25, -0.2) is 0 Å². The molecule has 1 aromatic carbocycles. The van der Waals surface area contributed by atoms with Crippen molar-refractivity contribution in [2.24, 2.45) is 0 Å². The SMILES string of the molecule is Cc1cc(C)c(NCc2ncc(Br)cc2Br)c(C)c1. The smallest absolute Gasteiger partial charge is 0.0737 e. The van der Waals surface area contributed by atoms with E-state index in [0.717, 1.165) is 14.6 Å². The third kappa shape index (κ3) is 3.57. The van der Waals surface area contributed by atoms with Crippen LogP contribution in [0.1, 0.15) is 22.4 Å². The summed E-state index contributed by atoms with van der Waals surface area (Å²) in [6.45, 7) is 7.09. The zero-order valence-corrected chi connectivity index (χ0v) is 14.4. The van der Waals surface area contributed by atoms with Crippen molar-refractivity contribution in [3.63, 3.8) is 0 Å². The number of rotatable bonds is 3. The van der Waals surface area contributed by atoms with Gasteiger partial charge in [0.25, 0.3) is 0 Å². The van der Waals surface area contributed by atoms with Gasteiger partial charge in [-0.2, -0.15) is 0 Å². The molecule has 0 aliphatic rings. The maximum Gasteiger partial charge on any atom is 0.0737 e. The molecular formula is C15H16Br2N2. The Morgan fingerprint density at radius 3 is 2.26 bits per heavy atom. The Balaban J connectivity index is 2.19. The molecule has 1 N–H and O–H groups in total. The summed E-state index contributed by atoms with van der Waals surface area (Å²) >= 11 is 6.95. The lowest BCUT2D eigenvalue weighted by molar-refractivity contribution is 1.02. The summed E-state index contributed by atoms with van der Waals surface area (Å²) in [5, 5.41) is 3.48. The summed E-state index contributed by atoms with van der Waals surface area (Å²) in [6.07, 6.45) is 1.82. The summed E-state index contributed by atoms with van der Waals surface area (Å²) in [6, 6.07) is 6.40. The first-order valence-corrected chi connectivity index (χ1v) is 7.67. The monoisotopic (exact) mass is 382 g/mol. The third-order valence-electron chi connectivity index (χ3n) is 2.99. The normalized spacial score (nSPS) is 10.6. The first-order chi connectivity index (χ1) is 8.97. The van der Waals surface area contributed by atoms with Gasteiger partial charge in [-0.3, -0.25) is 4.98 Å². The molecule has 0 atom stereocenters. The molecule has 1 aromatic heterocycles. The number of halogens is 2. The van der Waals surface area contributed by atoms with E-state index < -0.39 is 0 Å². The minimum absolute atomic E-state index is 0.707. The van der Waals surface area contributed by atoms with Crippen LogP contribution >= 0.6 is 31.9 Å². The maximum absolute atomic E-state index is 4.41. The van der Waals surface area contributed by atoms with Gasteiger partial charge in [0.1, 0.15) is 0 Å². The summed E-state index contributed by atoms with van der Waals surface area (Å²) < 4.78 is 1.99. The van der Waals surface area contributed by atoms with E-state index in [1.165, 1.54) is 22.4 Å². The molecule has 2 nitrogen and oxygen atoms in total. The lowest BCUT2D eigenvalue weighted by Gasteiger charge is -2.14. The molecule has 0 unspecified atom stereocenters. The highest BCUT2D eigenvalue weighted by Crippen LogP contribution is 2.24. The van der Waals surface area contributed by atoms with Gasteiger partial charge in [-0.15, -0.1) is 0 Å². The number of anilines is 1. The fourth-order valence-electron chi connectivity index (χ4n) is 2.20. The molecule has 19 heavy (non-hydrogen) atoms. The molecule has 0 bridgehead atoms. The first-order valence-electron chi connectivity index (χ1n) is 6.09. The Morgan fingerprint density at radius 2 is 1.68 bits per heavy atom. The molecule has 2 aromatic rings. The van der Waals surface area contributed by atoms with Gasteiger partial charge in [0.2, 0.25) is 0 Å². The number of nitrogens with one attached hydrogen (secondary N) is 1. The largest absolute Gasteiger partial charge is 0.379 e. The van der Waals surface area contributed by atoms with Crippen LogP contribution in [0.25, 0.3) is 0 Å². The van der Waals surface area contributed by atoms with Gasteiger partial charge in [-0.05, 0) is 69.8 Å². The molecule has 0 saturated heterocycles. The zero-order valence-electron chi connectivity index (χ0n) is 11.2. The predicted molar refractivity (Wildman–Crippen MR) is 87.6 cm³/mol. The molecule has 1 heterocycles. The molecule has 2 rings (SSSR count). The van der Waals surface area contributed by atoms with E-state index in [1.54, 1.807) is 0 Å². The molecule has 0 radical (unpaired) electrons. The van der Waals surface area contributed by atoms with Gasteiger partial charge in [-0.1, -0.05) is 17.7 Å². The van der Waals surface area contributed by atoms with E-state index in [4.69, 9.17) is 0 Å². The highest BCUT2D eigenvalue weighted by molar-refractivity contribution is 9.11. The highest BCUT2D eigenvalue weighted by atomic mass is 79.9. The van der Waals surface area contributed by atoms with Crippen LogP contribution in [0.15, 0.2) is 33.3 Å². The van der Waals surface area contributed by atoms with Crippen molar-refractivity contribution in [2.45, 2.75) is 27.3 Å². The van der Waals surface area contributed by atoms with Crippen LogP contribution in [-0.2, 0) is 6.54 Å². The van der Waals surface area contributed by atoms with Gasteiger partial charge in [0.05, 0.1) is 12.2 Å². The maximum atomic E-state index is 4.41. The van der Waals surface area contributed by atoms with Crippen LogP contribution < -0.4 is 5.32 Å². The van der Waals surface area contributed by atoms with Crippen molar-refractivity contribution < 1.29 is 0 Å². The van der Waals surface area contributed by atoms with Crippen molar-refractivity contribution in [1.82, 2.24) is 4.98 Å². The summed E-state index contributed by atoms with van der Waals surface area (Å²) in [5.41, 5.74) is 6.03. The van der Waals surface area contributed by atoms with Crippen molar-refractivity contribution in [3.8, 4) is 0 Å². The average molecular weight is 384 g/mol. The summed E-state index contributed by atoms with van der Waals surface area (Å²) in [7, 11) is 0. The Labute approximate surface area is 130 Å². The minimum Gasteiger partial charge on any atom is -0.379 e. The number of benzene rings is 1. The fourth-order valence-corrected chi connectivity index (χ4v) is 3.33. The zero-order chi connectivity index (χ0) is 14.0. The summed E-state index contributed by atoms with van der Waals surface area (Å²) in [4.78, 5) is 4.41. The average Bonchev–Trinajstić information content (AvgIpc) is 2.30.